The predicted octanol–water partition coefficient (Wildman–Crippen LogP) is 3.95. The molecule has 1 fully saturated rings. The van der Waals surface area contributed by atoms with Crippen molar-refractivity contribution in [2.45, 2.75) is 12.3 Å². The van der Waals surface area contributed by atoms with Gasteiger partial charge in [0.25, 0.3) is 0 Å². The van der Waals surface area contributed by atoms with Gasteiger partial charge in [-0.25, -0.2) is 0 Å². The number of nitrogens with zero attached hydrogens (tertiary/aromatic N) is 1. The van der Waals surface area contributed by atoms with E-state index >= 15 is 0 Å². The molecule has 3 aliphatic carbocycles. The lowest BCUT2D eigenvalue weighted by molar-refractivity contribution is 0.313. The van der Waals surface area contributed by atoms with Gasteiger partial charge < -0.3 is 14.7 Å². The summed E-state index contributed by atoms with van der Waals surface area (Å²) in [4.78, 5) is 0. The van der Waals surface area contributed by atoms with Gasteiger partial charge in [0.15, 0.2) is 0 Å². The van der Waals surface area contributed by atoms with Crippen LogP contribution in [0.3, 0.4) is 0 Å². The van der Waals surface area contributed by atoms with Crippen LogP contribution in [-0.2, 0) is 0 Å². The molecule has 2 aromatic carbocycles. The van der Waals surface area contributed by atoms with Crippen LogP contribution in [0.25, 0.3) is 10.8 Å². The van der Waals surface area contributed by atoms with E-state index in [2.05, 4.69) is 23.4 Å². The summed E-state index contributed by atoms with van der Waals surface area (Å²) in [5.41, 5.74) is 2.85. The highest BCUT2D eigenvalue weighted by molar-refractivity contribution is 6.15. The topological polar surface area (TPSA) is 51.0 Å². The fraction of sp³-hybridized carbons (Fsp3) is 0.350. The van der Waals surface area contributed by atoms with Gasteiger partial charge in [-0.2, -0.15) is 0 Å². The molecule has 3 aliphatic rings. The standard InChI is InChI=1S/C20H19NO3/c1-23-19-12-5-3-4-6-13(12)20(24-2)17-16(19)14-10-7-8-11(9-10)15(14)18(17)21-22/h3-8,10-11,14-15,22H,9H2,1-2H3/b21-18+. The molecule has 0 saturated heterocycles. The average molecular weight is 321 g/mol. The second-order valence-electron chi connectivity index (χ2n) is 6.89. The zero-order valence-electron chi connectivity index (χ0n) is 13.7. The Labute approximate surface area is 140 Å². The first-order valence-electron chi connectivity index (χ1n) is 8.37. The maximum Gasteiger partial charge on any atom is 0.136 e. The fourth-order valence-corrected chi connectivity index (χ4v) is 5.27. The molecule has 4 atom stereocenters. The van der Waals surface area contributed by atoms with Crippen LogP contribution in [0, 0.1) is 17.8 Å². The summed E-state index contributed by atoms with van der Waals surface area (Å²) < 4.78 is 11.7. The molecule has 0 aliphatic heterocycles. The normalized spacial score (nSPS) is 30.8. The molecule has 5 rings (SSSR count). The van der Waals surface area contributed by atoms with E-state index in [0.717, 1.165) is 45.5 Å². The summed E-state index contributed by atoms with van der Waals surface area (Å²) in [7, 11) is 3.41. The van der Waals surface area contributed by atoms with Crippen molar-refractivity contribution < 1.29 is 14.7 Å². The smallest absolute Gasteiger partial charge is 0.136 e. The summed E-state index contributed by atoms with van der Waals surface area (Å²) in [6.07, 6.45) is 5.73. The second-order valence-corrected chi connectivity index (χ2v) is 6.89. The van der Waals surface area contributed by atoms with Gasteiger partial charge in [0.1, 0.15) is 11.5 Å². The Bertz CT molecular complexity index is 915. The quantitative estimate of drug-likeness (QED) is 0.517. The summed E-state index contributed by atoms with van der Waals surface area (Å²) in [6.45, 7) is 0. The molecular weight excluding hydrogens is 302 g/mol. The highest BCUT2D eigenvalue weighted by Gasteiger charge is 2.55. The highest BCUT2D eigenvalue weighted by Crippen LogP contribution is 2.63. The maximum atomic E-state index is 9.81. The molecule has 0 radical (unpaired) electrons. The summed E-state index contributed by atoms with van der Waals surface area (Å²) in [5, 5.41) is 15.6. The van der Waals surface area contributed by atoms with E-state index in [9.17, 15) is 5.21 Å². The largest absolute Gasteiger partial charge is 0.496 e. The first kappa shape index (κ1) is 13.9. The molecule has 0 spiro atoms. The van der Waals surface area contributed by atoms with Crippen LogP contribution >= 0.6 is 0 Å². The molecule has 122 valence electrons. The first-order chi connectivity index (χ1) is 11.8. The molecular formula is C20H19NO3. The van der Waals surface area contributed by atoms with E-state index in [1.54, 1.807) is 14.2 Å². The maximum absolute atomic E-state index is 9.81. The lowest BCUT2D eigenvalue weighted by atomic mass is 9.82. The fourth-order valence-electron chi connectivity index (χ4n) is 5.27. The van der Waals surface area contributed by atoms with Crippen LogP contribution in [-0.4, -0.2) is 25.1 Å². The number of ether oxygens (including phenoxy) is 2. The number of methoxy groups -OCH3 is 2. The summed E-state index contributed by atoms with van der Waals surface area (Å²) in [6, 6.07) is 8.12. The molecule has 0 heterocycles. The third-order valence-corrected chi connectivity index (χ3v) is 6.04. The number of allylic oxidation sites excluding steroid dienone is 2. The lowest BCUT2D eigenvalue weighted by Gasteiger charge is -2.22. The van der Waals surface area contributed by atoms with Gasteiger partial charge in [-0.05, 0) is 18.3 Å². The van der Waals surface area contributed by atoms with Crippen LogP contribution in [0.5, 0.6) is 11.5 Å². The number of rotatable bonds is 2. The second kappa shape index (κ2) is 4.76. The molecule has 1 saturated carbocycles. The van der Waals surface area contributed by atoms with Crippen LogP contribution in [0.4, 0.5) is 0 Å². The molecule has 4 unspecified atom stereocenters. The minimum atomic E-state index is 0.222. The Hall–Kier alpha value is -2.49. The molecule has 0 aromatic heterocycles. The van der Waals surface area contributed by atoms with Crippen molar-refractivity contribution in [1.29, 1.82) is 0 Å². The SMILES string of the molecule is COc1c2c(c(OC)c3ccccc13)C1C3C=CC(C3)C1/C2=N\O. The van der Waals surface area contributed by atoms with Crippen LogP contribution in [0.2, 0.25) is 0 Å². The van der Waals surface area contributed by atoms with Crippen LogP contribution in [0.1, 0.15) is 23.5 Å². The minimum absolute atomic E-state index is 0.222. The third kappa shape index (κ3) is 1.47. The van der Waals surface area contributed by atoms with Crippen LogP contribution < -0.4 is 9.47 Å². The Morgan fingerprint density at radius 1 is 0.958 bits per heavy atom. The highest BCUT2D eigenvalue weighted by atomic mass is 16.5. The van der Waals surface area contributed by atoms with E-state index in [1.165, 1.54) is 0 Å². The van der Waals surface area contributed by atoms with Crippen molar-refractivity contribution in [1.82, 2.24) is 0 Å². The predicted molar refractivity (Wildman–Crippen MR) is 92.3 cm³/mol. The monoisotopic (exact) mass is 321 g/mol. The number of oxime groups is 1. The van der Waals surface area contributed by atoms with Crippen molar-refractivity contribution in [2.24, 2.45) is 22.9 Å². The summed E-state index contributed by atoms with van der Waals surface area (Å²) >= 11 is 0. The van der Waals surface area contributed by atoms with Crippen LogP contribution in [0.15, 0.2) is 41.6 Å². The van der Waals surface area contributed by atoms with Crippen molar-refractivity contribution in [3.63, 3.8) is 0 Å². The zero-order valence-corrected chi connectivity index (χ0v) is 13.7. The van der Waals surface area contributed by atoms with E-state index < -0.39 is 0 Å². The van der Waals surface area contributed by atoms with Crippen molar-refractivity contribution in [2.75, 3.05) is 14.2 Å². The van der Waals surface area contributed by atoms with Gasteiger partial charge in [-0.1, -0.05) is 41.6 Å². The van der Waals surface area contributed by atoms with E-state index in [0.29, 0.717) is 17.8 Å². The summed E-state index contributed by atoms with van der Waals surface area (Å²) in [5.74, 6) is 3.15. The molecule has 4 nitrogen and oxygen atoms in total. The Kier molecular flexibility index (Phi) is 2.76. The molecule has 24 heavy (non-hydrogen) atoms. The lowest BCUT2D eigenvalue weighted by Crippen LogP contribution is -2.19. The van der Waals surface area contributed by atoms with Gasteiger partial charge in [-0.15, -0.1) is 0 Å². The number of hydrogen-bond donors (Lipinski definition) is 1. The Morgan fingerprint density at radius 3 is 2.21 bits per heavy atom. The van der Waals surface area contributed by atoms with Crippen molar-refractivity contribution >= 4 is 16.5 Å². The Morgan fingerprint density at radius 2 is 1.58 bits per heavy atom. The number of benzene rings is 2. The van der Waals surface area contributed by atoms with E-state index in [-0.39, 0.29) is 5.92 Å². The number of fused-ring (bicyclic) bond motifs is 8. The molecule has 2 bridgehead atoms. The van der Waals surface area contributed by atoms with Crippen molar-refractivity contribution in [3.8, 4) is 11.5 Å². The molecule has 1 N–H and O–H groups in total. The van der Waals surface area contributed by atoms with E-state index in [1.807, 2.05) is 18.2 Å². The third-order valence-electron chi connectivity index (χ3n) is 6.04. The van der Waals surface area contributed by atoms with Gasteiger partial charge in [0.05, 0.1) is 19.9 Å². The van der Waals surface area contributed by atoms with Gasteiger partial charge in [-0.3, -0.25) is 0 Å². The first-order valence-corrected chi connectivity index (χ1v) is 8.37. The zero-order chi connectivity index (χ0) is 16.4. The van der Waals surface area contributed by atoms with Gasteiger partial charge >= 0.3 is 0 Å². The van der Waals surface area contributed by atoms with E-state index in [4.69, 9.17) is 9.47 Å². The Balaban J connectivity index is 1.93. The molecule has 0 amide bonds. The molecule has 4 heteroatoms. The minimum Gasteiger partial charge on any atom is -0.496 e. The molecule has 2 aromatic rings. The van der Waals surface area contributed by atoms with Gasteiger partial charge in [0, 0.05) is 33.7 Å². The van der Waals surface area contributed by atoms with Crippen molar-refractivity contribution in [3.05, 3.63) is 47.5 Å². The van der Waals surface area contributed by atoms with Gasteiger partial charge in [0.2, 0.25) is 0 Å². The average Bonchev–Trinajstić information content (AvgIpc) is 3.30. The number of hydrogen-bond acceptors (Lipinski definition) is 4.